The number of nitrogens with one attached hydrogen (secondary N) is 1. The van der Waals surface area contributed by atoms with Gasteiger partial charge in [0.15, 0.2) is 0 Å². The van der Waals surface area contributed by atoms with Gasteiger partial charge >= 0.3 is 0 Å². The van der Waals surface area contributed by atoms with Crippen molar-refractivity contribution in [3.63, 3.8) is 0 Å². The smallest absolute Gasteiger partial charge is 0.0198 e. The summed E-state index contributed by atoms with van der Waals surface area (Å²) in [4.78, 5) is 2.51. The summed E-state index contributed by atoms with van der Waals surface area (Å²) in [6.07, 6.45) is 3.29. The first-order chi connectivity index (χ1) is 6.63. The molecule has 0 spiro atoms. The molecule has 0 saturated carbocycles. The van der Waals surface area contributed by atoms with Crippen molar-refractivity contribution in [1.82, 2.24) is 10.2 Å². The van der Waals surface area contributed by atoms with Gasteiger partial charge in [-0.3, -0.25) is 4.90 Å². The molecule has 14 heavy (non-hydrogen) atoms. The molecule has 1 saturated heterocycles. The van der Waals surface area contributed by atoms with E-state index in [2.05, 4.69) is 37.6 Å². The molecule has 1 N–H and O–H groups in total. The van der Waals surface area contributed by atoms with E-state index < -0.39 is 0 Å². The van der Waals surface area contributed by atoms with Crippen molar-refractivity contribution in [3.8, 4) is 0 Å². The van der Waals surface area contributed by atoms with Gasteiger partial charge in [0.2, 0.25) is 0 Å². The summed E-state index contributed by atoms with van der Waals surface area (Å²) in [7, 11) is 0. The Morgan fingerprint density at radius 2 is 2.29 bits per heavy atom. The second kappa shape index (κ2) is 5.52. The summed E-state index contributed by atoms with van der Waals surface area (Å²) in [5.41, 5.74) is 0. The summed E-state index contributed by atoms with van der Waals surface area (Å²) in [5.74, 6) is 0.784. The molecule has 0 aromatic carbocycles. The molecule has 82 valence electrons. The lowest BCUT2D eigenvalue weighted by atomic mass is 10.0. The lowest BCUT2D eigenvalue weighted by Gasteiger charge is -2.38. The quantitative estimate of drug-likeness (QED) is 0.691. The van der Waals surface area contributed by atoms with Gasteiger partial charge in [-0.25, -0.2) is 0 Å². The Labute approximate surface area is 88.4 Å². The van der Waals surface area contributed by atoms with Crippen LogP contribution in [0.2, 0.25) is 0 Å². The number of hydrogen-bond acceptors (Lipinski definition) is 2. The Balaban J connectivity index is 2.40. The first-order valence-corrected chi connectivity index (χ1v) is 5.71. The summed E-state index contributed by atoms with van der Waals surface area (Å²) >= 11 is 0. The highest BCUT2D eigenvalue weighted by atomic mass is 15.2. The van der Waals surface area contributed by atoms with Crippen molar-refractivity contribution >= 4 is 0 Å². The van der Waals surface area contributed by atoms with Crippen LogP contribution in [0.3, 0.4) is 0 Å². The van der Waals surface area contributed by atoms with E-state index in [1.54, 1.807) is 0 Å². The number of nitrogens with zero attached hydrogens (tertiary/aromatic N) is 1. The number of piperazine rings is 1. The standard InChI is InChI=1S/C12H24N2/c1-5-6-14-9-12(7-10(2)3)13-8-11(14)4/h5,10-13H,1,6-9H2,2-4H3. The van der Waals surface area contributed by atoms with E-state index in [9.17, 15) is 0 Å². The maximum absolute atomic E-state index is 3.81. The largest absolute Gasteiger partial charge is 0.311 e. The highest BCUT2D eigenvalue weighted by Crippen LogP contribution is 2.12. The van der Waals surface area contributed by atoms with Crippen LogP contribution in [0, 0.1) is 5.92 Å². The fraction of sp³-hybridized carbons (Fsp3) is 0.833. The first-order valence-electron chi connectivity index (χ1n) is 5.71. The van der Waals surface area contributed by atoms with Crippen molar-refractivity contribution in [2.75, 3.05) is 19.6 Å². The minimum atomic E-state index is 0.649. The molecule has 0 aliphatic carbocycles. The zero-order valence-electron chi connectivity index (χ0n) is 9.79. The van der Waals surface area contributed by atoms with E-state index in [1.807, 2.05) is 6.08 Å². The fourth-order valence-electron chi connectivity index (χ4n) is 2.14. The minimum Gasteiger partial charge on any atom is -0.311 e. The molecule has 1 aliphatic rings. The highest BCUT2D eigenvalue weighted by molar-refractivity contribution is 4.87. The van der Waals surface area contributed by atoms with Crippen LogP contribution in [0.25, 0.3) is 0 Å². The average molecular weight is 196 g/mol. The van der Waals surface area contributed by atoms with Crippen LogP contribution in [0.15, 0.2) is 12.7 Å². The molecule has 0 aromatic heterocycles. The Bertz CT molecular complexity index is 177. The Kier molecular flexibility index (Phi) is 4.63. The molecule has 1 fully saturated rings. The molecule has 1 aliphatic heterocycles. The van der Waals surface area contributed by atoms with Crippen LogP contribution >= 0.6 is 0 Å². The summed E-state index contributed by atoms with van der Waals surface area (Å²) in [6, 6.07) is 1.32. The minimum absolute atomic E-state index is 0.649. The second-order valence-corrected chi connectivity index (χ2v) is 4.83. The van der Waals surface area contributed by atoms with Crippen molar-refractivity contribution < 1.29 is 0 Å². The van der Waals surface area contributed by atoms with Gasteiger partial charge in [-0.1, -0.05) is 19.9 Å². The molecule has 2 atom stereocenters. The van der Waals surface area contributed by atoms with E-state index in [1.165, 1.54) is 13.0 Å². The van der Waals surface area contributed by atoms with Gasteiger partial charge in [-0.2, -0.15) is 0 Å². The normalized spacial score (nSPS) is 29.4. The SMILES string of the molecule is C=CCN1CC(CC(C)C)NCC1C. The molecular weight excluding hydrogens is 172 g/mol. The number of rotatable bonds is 4. The molecule has 1 rings (SSSR count). The van der Waals surface area contributed by atoms with Gasteiger partial charge in [0.1, 0.15) is 0 Å². The van der Waals surface area contributed by atoms with Crippen LogP contribution in [0.5, 0.6) is 0 Å². The van der Waals surface area contributed by atoms with Crippen LogP contribution < -0.4 is 5.32 Å². The summed E-state index contributed by atoms with van der Waals surface area (Å²) < 4.78 is 0. The van der Waals surface area contributed by atoms with Gasteiger partial charge in [-0.15, -0.1) is 6.58 Å². The third-order valence-electron chi connectivity index (χ3n) is 2.90. The lowest BCUT2D eigenvalue weighted by Crippen LogP contribution is -2.55. The fourth-order valence-corrected chi connectivity index (χ4v) is 2.14. The molecule has 2 heteroatoms. The first kappa shape index (κ1) is 11.7. The molecule has 0 radical (unpaired) electrons. The Morgan fingerprint density at radius 3 is 2.86 bits per heavy atom. The van der Waals surface area contributed by atoms with E-state index in [0.717, 1.165) is 19.0 Å². The number of hydrogen-bond donors (Lipinski definition) is 1. The third-order valence-corrected chi connectivity index (χ3v) is 2.90. The maximum Gasteiger partial charge on any atom is 0.0198 e. The summed E-state index contributed by atoms with van der Waals surface area (Å²) in [5, 5.41) is 3.61. The van der Waals surface area contributed by atoms with Crippen LogP contribution in [-0.4, -0.2) is 36.6 Å². The molecule has 1 heterocycles. The summed E-state index contributed by atoms with van der Waals surface area (Å²) in [6.45, 7) is 14.0. The van der Waals surface area contributed by atoms with Crippen molar-refractivity contribution in [1.29, 1.82) is 0 Å². The molecule has 0 amide bonds. The van der Waals surface area contributed by atoms with Gasteiger partial charge < -0.3 is 5.32 Å². The van der Waals surface area contributed by atoms with Crippen molar-refractivity contribution in [2.45, 2.75) is 39.3 Å². The highest BCUT2D eigenvalue weighted by Gasteiger charge is 2.23. The van der Waals surface area contributed by atoms with Crippen molar-refractivity contribution in [3.05, 3.63) is 12.7 Å². The Morgan fingerprint density at radius 1 is 1.57 bits per heavy atom. The van der Waals surface area contributed by atoms with E-state index in [-0.39, 0.29) is 0 Å². The topological polar surface area (TPSA) is 15.3 Å². The van der Waals surface area contributed by atoms with Crippen LogP contribution in [-0.2, 0) is 0 Å². The van der Waals surface area contributed by atoms with Gasteiger partial charge in [0, 0.05) is 31.7 Å². The predicted octanol–water partition coefficient (Wildman–Crippen LogP) is 1.88. The monoisotopic (exact) mass is 196 g/mol. The van der Waals surface area contributed by atoms with E-state index in [4.69, 9.17) is 0 Å². The zero-order chi connectivity index (χ0) is 10.6. The van der Waals surface area contributed by atoms with Gasteiger partial charge in [-0.05, 0) is 19.3 Å². The van der Waals surface area contributed by atoms with E-state index >= 15 is 0 Å². The predicted molar refractivity (Wildman–Crippen MR) is 62.5 cm³/mol. The van der Waals surface area contributed by atoms with Crippen LogP contribution in [0.4, 0.5) is 0 Å². The zero-order valence-corrected chi connectivity index (χ0v) is 9.79. The van der Waals surface area contributed by atoms with Gasteiger partial charge in [0.05, 0.1) is 0 Å². The maximum atomic E-state index is 3.81. The van der Waals surface area contributed by atoms with Crippen LogP contribution in [0.1, 0.15) is 27.2 Å². The average Bonchev–Trinajstić information content (AvgIpc) is 2.10. The molecule has 0 bridgehead atoms. The second-order valence-electron chi connectivity index (χ2n) is 4.83. The third kappa shape index (κ3) is 3.43. The van der Waals surface area contributed by atoms with E-state index in [0.29, 0.717) is 12.1 Å². The van der Waals surface area contributed by atoms with Crippen molar-refractivity contribution in [2.24, 2.45) is 5.92 Å². The molecular formula is C12H24N2. The lowest BCUT2D eigenvalue weighted by molar-refractivity contribution is 0.146. The Hall–Kier alpha value is -0.340. The van der Waals surface area contributed by atoms with Gasteiger partial charge in [0.25, 0.3) is 0 Å². The molecule has 2 nitrogen and oxygen atoms in total. The molecule has 0 aromatic rings. The molecule has 2 unspecified atom stereocenters.